The highest BCUT2D eigenvalue weighted by Gasteiger charge is 2.12. The molecule has 0 N–H and O–H groups in total. The molecular formula is C24H19FN2O. The van der Waals surface area contributed by atoms with E-state index in [0.29, 0.717) is 11.9 Å². The molecule has 28 heavy (non-hydrogen) atoms. The zero-order valence-corrected chi connectivity index (χ0v) is 15.5. The van der Waals surface area contributed by atoms with Gasteiger partial charge in [0.25, 0.3) is 5.56 Å². The second-order valence-electron chi connectivity index (χ2n) is 6.72. The summed E-state index contributed by atoms with van der Waals surface area (Å²) in [6.45, 7) is 6.06. The van der Waals surface area contributed by atoms with E-state index in [1.165, 1.54) is 12.1 Å². The average Bonchev–Trinajstić information content (AvgIpc) is 2.70. The maximum atomic E-state index is 13.9. The summed E-state index contributed by atoms with van der Waals surface area (Å²) in [5, 5.41) is 1.36. The lowest BCUT2D eigenvalue weighted by Crippen LogP contribution is -2.19. The third-order valence-corrected chi connectivity index (χ3v) is 4.73. The van der Waals surface area contributed by atoms with Crippen molar-refractivity contribution in [1.29, 1.82) is 0 Å². The second kappa shape index (κ2) is 7.24. The van der Waals surface area contributed by atoms with Crippen LogP contribution in [0.15, 0.2) is 84.3 Å². The summed E-state index contributed by atoms with van der Waals surface area (Å²) >= 11 is 0. The first kappa shape index (κ1) is 17.9. The Morgan fingerprint density at radius 2 is 1.86 bits per heavy atom. The van der Waals surface area contributed by atoms with Crippen LogP contribution in [0.2, 0.25) is 0 Å². The number of fused-ring (bicyclic) bond motifs is 1. The van der Waals surface area contributed by atoms with Crippen LogP contribution in [0, 0.1) is 12.7 Å². The Hall–Kier alpha value is -3.53. The molecule has 4 aromatic rings. The number of benzene rings is 2. The molecule has 2 aromatic carbocycles. The Morgan fingerprint density at radius 3 is 2.61 bits per heavy atom. The van der Waals surface area contributed by atoms with Gasteiger partial charge < -0.3 is 4.57 Å². The molecule has 2 aromatic heterocycles. The number of hydrogen-bond acceptors (Lipinski definition) is 2. The van der Waals surface area contributed by atoms with Gasteiger partial charge in [-0.2, -0.15) is 0 Å². The summed E-state index contributed by atoms with van der Waals surface area (Å²) in [5.41, 5.74) is 4.09. The molecule has 0 radical (unpaired) electrons. The van der Waals surface area contributed by atoms with Crippen molar-refractivity contribution in [2.24, 2.45) is 0 Å². The maximum absolute atomic E-state index is 13.9. The molecule has 0 bridgehead atoms. The van der Waals surface area contributed by atoms with Crippen LogP contribution >= 0.6 is 0 Å². The lowest BCUT2D eigenvalue weighted by molar-refractivity contribution is 0.628. The predicted octanol–water partition coefficient (Wildman–Crippen LogP) is 5.36. The smallest absolute Gasteiger partial charge is 0.258 e. The average molecular weight is 370 g/mol. The van der Waals surface area contributed by atoms with Crippen molar-refractivity contribution in [2.45, 2.75) is 13.5 Å². The Kier molecular flexibility index (Phi) is 4.62. The van der Waals surface area contributed by atoms with Gasteiger partial charge in [0.1, 0.15) is 5.82 Å². The molecule has 0 amide bonds. The molecule has 4 heteroatoms. The molecule has 0 unspecified atom stereocenters. The van der Waals surface area contributed by atoms with E-state index in [9.17, 15) is 9.18 Å². The van der Waals surface area contributed by atoms with Gasteiger partial charge in [0.05, 0.1) is 5.69 Å². The fourth-order valence-electron chi connectivity index (χ4n) is 3.42. The highest BCUT2D eigenvalue weighted by atomic mass is 19.1. The first-order valence-corrected chi connectivity index (χ1v) is 9.05. The molecule has 0 aliphatic rings. The van der Waals surface area contributed by atoms with Crippen molar-refractivity contribution in [3.05, 3.63) is 101 Å². The number of pyridine rings is 2. The molecule has 0 atom stereocenters. The molecule has 0 aliphatic carbocycles. The third kappa shape index (κ3) is 3.25. The first-order chi connectivity index (χ1) is 13.6. The fourth-order valence-corrected chi connectivity index (χ4v) is 3.42. The number of halogens is 1. The molecule has 0 saturated carbocycles. The van der Waals surface area contributed by atoms with Crippen LogP contribution in [0.5, 0.6) is 0 Å². The van der Waals surface area contributed by atoms with Gasteiger partial charge in [-0.3, -0.25) is 9.78 Å². The van der Waals surface area contributed by atoms with E-state index >= 15 is 0 Å². The van der Waals surface area contributed by atoms with E-state index in [1.807, 2.05) is 49.4 Å². The van der Waals surface area contributed by atoms with Gasteiger partial charge in [0.15, 0.2) is 0 Å². The highest BCUT2D eigenvalue weighted by molar-refractivity contribution is 5.98. The van der Waals surface area contributed by atoms with Crippen molar-refractivity contribution in [3.63, 3.8) is 0 Å². The number of aryl methyl sites for hydroxylation is 1. The van der Waals surface area contributed by atoms with Crippen molar-refractivity contribution >= 4 is 10.8 Å². The van der Waals surface area contributed by atoms with Crippen molar-refractivity contribution in [2.75, 3.05) is 0 Å². The van der Waals surface area contributed by atoms with Gasteiger partial charge in [-0.15, -0.1) is 6.58 Å². The fraction of sp³-hybridized carbons (Fsp3) is 0.0833. The normalized spacial score (nSPS) is 10.9. The van der Waals surface area contributed by atoms with Crippen molar-refractivity contribution in [1.82, 2.24) is 9.55 Å². The summed E-state index contributed by atoms with van der Waals surface area (Å²) in [6.07, 6.45) is 3.45. The van der Waals surface area contributed by atoms with Crippen LogP contribution in [0.1, 0.15) is 5.69 Å². The van der Waals surface area contributed by atoms with Crippen LogP contribution in [0.3, 0.4) is 0 Å². The van der Waals surface area contributed by atoms with Gasteiger partial charge in [-0.1, -0.05) is 30.3 Å². The predicted molar refractivity (Wildman–Crippen MR) is 112 cm³/mol. The Bertz CT molecular complexity index is 1260. The van der Waals surface area contributed by atoms with E-state index in [-0.39, 0.29) is 11.4 Å². The van der Waals surface area contributed by atoms with E-state index in [1.54, 1.807) is 22.9 Å². The topological polar surface area (TPSA) is 34.9 Å². The zero-order chi connectivity index (χ0) is 19.7. The summed E-state index contributed by atoms with van der Waals surface area (Å²) < 4.78 is 15.5. The van der Waals surface area contributed by atoms with E-state index in [4.69, 9.17) is 0 Å². The van der Waals surface area contributed by atoms with Gasteiger partial charge >= 0.3 is 0 Å². The van der Waals surface area contributed by atoms with Crippen LogP contribution in [-0.4, -0.2) is 9.55 Å². The van der Waals surface area contributed by atoms with Crippen LogP contribution < -0.4 is 5.56 Å². The minimum absolute atomic E-state index is 0.0983. The van der Waals surface area contributed by atoms with Gasteiger partial charge in [0.2, 0.25) is 0 Å². The van der Waals surface area contributed by atoms with Gasteiger partial charge in [-0.05, 0) is 54.3 Å². The Balaban J connectivity index is 2.04. The minimum Gasteiger partial charge on any atom is -0.311 e. The monoisotopic (exact) mass is 370 g/mol. The van der Waals surface area contributed by atoms with E-state index in [0.717, 1.165) is 33.5 Å². The number of rotatable bonds is 4. The van der Waals surface area contributed by atoms with E-state index in [2.05, 4.69) is 11.6 Å². The molecule has 0 saturated heterocycles. The number of nitrogens with zero attached hydrogens (tertiary/aromatic N) is 2. The minimum atomic E-state index is -0.316. The number of hydrogen-bond donors (Lipinski definition) is 0. The van der Waals surface area contributed by atoms with Gasteiger partial charge in [0, 0.05) is 34.9 Å². The molecule has 0 fully saturated rings. The van der Waals surface area contributed by atoms with Crippen molar-refractivity contribution in [3.8, 4) is 22.4 Å². The van der Waals surface area contributed by atoms with E-state index < -0.39 is 0 Å². The van der Waals surface area contributed by atoms with Crippen LogP contribution in [-0.2, 0) is 6.54 Å². The molecule has 138 valence electrons. The number of allylic oxidation sites excluding steroid dienone is 1. The largest absolute Gasteiger partial charge is 0.311 e. The quantitative estimate of drug-likeness (QED) is 0.453. The first-order valence-electron chi connectivity index (χ1n) is 9.05. The Labute approximate surface area is 162 Å². The second-order valence-corrected chi connectivity index (χ2v) is 6.72. The summed E-state index contributed by atoms with van der Waals surface area (Å²) in [5.74, 6) is -0.316. The maximum Gasteiger partial charge on any atom is 0.258 e. The molecule has 0 aliphatic heterocycles. The lowest BCUT2D eigenvalue weighted by atomic mass is 9.97. The third-order valence-electron chi connectivity index (χ3n) is 4.73. The Morgan fingerprint density at radius 1 is 1.04 bits per heavy atom. The van der Waals surface area contributed by atoms with Crippen molar-refractivity contribution < 1.29 is 4.39 Å². The molecule has 4 rings (SSSR count). The summed E-state index contributed by atoms with van der Waals surface area (Å²) in [4.78, 5) is 17.5. The standard InChI is InChI=1S/C24H19FN2O/c1-3-12-27-15-22(17-7-5-8-19(25)13-17)21-14-18(10-11-20(21)24(27)28)23-9-4-6-16(2)26-23/h3-11,13-15H,1,12H2,2H3. The highest BCUT2D eigenvalue weighted by Crippen LogP contribution is 2.30. The molecule has 3 nitrogen and oxygen atoms in total. The summed E-state index contributed by atoms with van der Waals surface area (Å²) in [7, 11) is 0. The summed E-state index contributed by atoms with van der Waals surface area (Å²) in [6, 6.07) is 17.9. The molecular weight excluding hydrogens is 351 g/mol. The molecule has 2 heterocycles. The zero-order valence-electron chi connectivity index (χ0n) is 15.5. The van der Waals surface area contributed by atoms with Crippen LogP contribution in [0.4, 0.5) is 4.39 Å². The SMILES string of the molecule is C=CCn1cc(-c2cccc(F)c2)c2cc(-c3cccc(C)n3)ccc2c1=O. The number of aromatic nitrogens is 2. The van der Waals surface area contributed by atoms with Crippen LogP contribution in [0.25, 0.3) is 33.2 Å². The van der Waals surface area contributed by atoms with Gasteiger partial charge in [-0.25, -0.2) is 4.39 Å². The lowest BCUT2D eigenvalue weighted by Gasteiger charge is -2.13. The molecule has 0 spiro atoms.